The first-order chi connectivity index (χ1) is 13.5. The Kier molecular flexibility index (Phi) is 6.47. The third-order valence-electron chi connectivity index (χ3n) is 8.27. The van der Waals surface area contributed by atoms with E-state index in [0.29, 0.717) is 11.8 Å². The first-order valence-corrected chi connectivity index (χ1v) is 12.0. The zero-order valence-electron chi connectivity index (χ0n) is 18.0. The van der Waals surface area contributed by atoms with Gasteiger partial charge in [0.1, 0.15) is 0 Å². The molecule has 0 spiro atoms. The number of benzene rings is 1. The SMILES string of the molecule is Cc1c(C2CCC(O)CC2)cc(C2CCC(C)CC2)cc1C1CCC(O)CC1. The molecular weight excluding hydrogens is 344 g/mol. The number of aliphatic hydroxyl groups is 2. The summed E-state index contributed by atoms with van der Waals surface area (Å²) in [6.45, 7) is 4.76. The summed E-state index contributed by atoms with van der Waals surface area (Å²) in [6.07, 6.45) is 13.6. The molecule has 0 atom stereocenters. The topological polar surface area (TPSA) is 40.5 Å². The van der Waals surface area contributed by atoms with Crippen molar-refractivity contribution in [3.05, 3.63) is 34.4 Å². The van der Waals surface area contributed by atoms with E-state index in [2.05, 4.69) is 26.0 Å². The molecule has 0 bridgehead atoms. The Labute approximate surface area is 171 Å². The van der Waals surface area contributed by atoms with E-state index in [1.165, 1.54) is 31.2 Å². The van der Waals surface area contributed by atoms with Crippen molar-refractivity contribution in [3.8, 4) is 0 Å². The van der Waals surface area contributed by atoms with Crippen molar-refractivity contribution in [1.82, 2.24) is 0 Å². The van der Waals surface area contributed by atoms with Gasteiger partial charge in [-0.25, -0.2) is 0 Å². The fraction of sp³-hybridized carbons (Fsp3) is 0.769. The maximum atomic E-state index is 9.99. The van der Waals surface area contributed by atoms with Gasteiger partial charge in [-0.1, -0.05) is 31.9 Å². The highest BCUT2D eigenvalue weighted by Crippen LogP contribution is 2.44. The lowest BCUT2D eigenvalue weighted by Gasteiger charge is -2.33. The van der Waals surface area contributed by atoms with Crippen LogP contribution < -0.4 is 0 Å². The van der Waals surface area contributed by atoms with Gasteiger partial charge in [-0.3, -0.25) is 0 Å². The summed E-state index contributed by atoms with van der Waals surface area (Å²) in [5.74, 6) is 2.87. The highest BCUT2D eigenvalue weighted by Gasteiger charge is 2.29. The molecule has 0 amide bonds. The first kappa shape index (κ1) is 20.4. The fourth-order valence-corrected chi connectivity index (χ4v) is 6.23. The van der Waals surface area contributed by atoms with Crippen LogP contribution >= 0.6 is 0 Å². The Balaban J connectivity index is 1.65. The Morgan fingerprint density at radius 2 is 1.00 bits per heavy atom. The van der Waals surface area contributed by atoms with E-state index < -0.39 is 0 Å². The molecule has 0 aromatic heterocycles. The molecule has 1 aromatic rings. The second-order valence-electron chi connectivity index (χ2n) is 10.3. The summed E-state index contributed by atoms with van der Waals surface area (Å²) >= 11 is 0. The summed E-state index contributed by atoms with van der Waals surface area (Å²) in [7, 11) is 0. The number of aliphatic hydroxyl groups excluding tert-OH is 2. The molecule has 156 valence electrons. The molecule has 0 aliphatic heterocycles. The van der Waals surface area contributed by atoms with Gasteiger partial charge in [-0.15, -0.1) is 0 Å². The van der Waals surface area contributed by atoms with Crippen molar-refractivity contribution in [3.63, 3.8) is 0 Å². The lowest BCUT2D eigenvalue weighted by Crippen LogP contribution is -2.21. The van der Waals surface area contributed by atoms with Crippen LogP contribution in [-0.2, 0) is 0 Å². The zero-order chi connectivity index (χ0) is 19.7. The number of hydrogen-bond donors (Lipinski definition) is 2. The van der Waals surface area contributed by atoms with E-state index in [9.17, 15) is 10.2 Å². The zero-order valence-corrected chi connectivity index (χ0v) is 18.0. The van der Waals surface area contributed by atoms with Crippen molar-refractivity contribution in [2.45, 2.75) is 121 Å². The van der Waals surface area contributed by atoms with Crippen molar-refractivity contribution < 1.29 is 10.2 Å². The minimum atomic E-state index is -0.0844. The second-order valence-corrected chi connectivity index (χ2v) is 10.3. The van der Waals surface area contributed by atoms with Gasteiger partial charge >= 0.3 is 0 Å². The maximum Gasteiger partial charge on any atom is 0.0540 e. The number of hydrogen-bond acceptors (Lipinski definition) is 2. The van der Waals surface area contributed by atoms with Gasteiger partial charge in [0.25, 0.3) is 0 Å². The Bertz CT molecular complexity index is 599. The summed E-state index contributed by atoms with van der Waals surface area (Å²) in [4.78, 5) is 0. The van der Waals surface area contributed by atoms with E-state index in [1.807, 2.05) is 0 Å². The molecule has 1 aromatic carbocycles. The molecule has 0 heterocycles. The lowest BCUT2D eigenvalue weighted by molar-refractivity contribution is 0.121. The number of rotatable bonds is 3. The Morgan fingerprint density at radius 1 is 0.607 bits per heavy atom. The summed E-state index contributed by atoms with van der Waals surface area (Å²) in [5, 5.41) is 20.0. The molecule has 3 aliphatic carbocycles. The van der Waals surface area contributed by atoms with Crippen LogP contribution in [-0.4, -0.2) is 22.4 Å². The van der Waals surface area contributed by atoms with Gasteiger partial charge in [0, 0.05) is 0 Å². The fourth-order valence-electron chi connectivity index (χ4n) is 6.23. The monoisotopic (exact) mass is 384 g/mol. The molecule has 0 radical (unpaired) electrons. The van der Waals surface area contributed by atoms with Crippen molar-refractivity contribution in [2.75, 3.05) is 0 Å². The standard InChI is InChI=1S/C26H40O2/c1-17-3-5-19(6-4-17)22-15-25(20-7-11-23(27)12-8-20)18(2)26(16-22)21-9-13-24(28)14-10-21/h15-17,19-21,23-24,27-28H,3-14H2,1-2H3. The third-order valence-corrected chi connectivity index (χ3v) is 8.27. The molecule has 3 aliphatic rings. The van der Waals surface area contributed by atoms with Gasteiger partial charge in [-0.05, 0) is 117 Å². The highest BCUT2D eigenvalue weighted by atomic mass is 16.3. The summed E-state index contributed by atoms with van der Waals surface area (Å²) in [5.41, 5.74) is 6.30. The predicted molar refractivity (Wildman–Crippen MR) is 116 cm³/mol. The average molecular weight is 385 g/mol. The first-order valence-electron chi connectivity index (χ1n) is 12.0. The average Bonchev–Trinajstić information content (AvgIpc) is 2.70. The normalized spacial score (nSPS) is 37.0. The van der Waals surface area contributed by atoms with Crippen LogP contribution in [0.5, 0.6) is 0 Å². The van der Waals surface area contributed by atoms with Gasteiger partial charge in [0.05, 0.1) is 12.2 Å². The van der Waals surface area contributed by atoms with Crippen LogP contribution in [0.3, 0.4) is 0 Å². The summed E-state index contributed by atoms with van der Waals surface area (Å²) < 4.78 is 0. The molecule has 0 unspecified atom stereocenters. The van der Waals surface area contributed by atoms with Crippen LogP contribution in [0, 0.1) is 12.8 Å². The van der Waals surface area contributed by atoms with E-state index >= 15 is 0 Å². The lowest BCUT2D eigenvalue weighted by atomic mass is 9.72. The molecule has 0 saturated heterocycles. The van der Waals surface area contributed by atoms with Gasteiger partial charge in [-0.2, -0.15) is 0 Å². The maximum absolute atomic E-state index is 9.99. The Morgan fingerprint density at radius 3 is 1.43 bits per heavy atom. The molecule has 2 nitrogen and oxygen atoms in total. The molecule has 3 saturated carbocycles. The Hall–Kier alpha value is -0.860. The highest BCUT2D eigenvalue weighted by molar-refractivity contribution is 5.44. The molecule has 2 heteroatoms. The van der Waals surface area contributed by atoms with Crippen molar-refractivity contribution in [1.29, 1.82) is 0 Å². The van der Waals surface area contributed by atoms with E-state index in [1.54, 1.807) is 16.7 Å². The van der Waals surface area contributed by atoms with E-state index in [-0.39, 0.29) is 12.2 Å². The quantitative estimate of drug-likeness (QED) is 0.639. The van der Waals surface area contributed by atoms with E-state index in [0.717, 1.165) is 63.2 Å². The van der Waals surface area contributed by atoms with Crippen molar-refractivity contribution in [2.24, 2.45) is 5.92 Å². The van der Waals surface area contributed by atoms with Crippen LogP contribution in [0.4, 0.5) is 0 Å². The van der Waals surface area contributed by atoms with Gasteiger partial charge < -0.3 is 10.2 Å². The molecule has 4 rings (SSSR count). The summed E-state index contributed by atoms with van der Waals surface area (Å²) in [6, 6.07) is 5.14. The van der Waals surface area contributed by atoms with Gasteiger partial charge in [0.2, 0.25) is 0 Å². The minimum Gasteiger partial charge on any atom is -0.393 e. The van der Waals surface area contributed by atoms with Gasteiger partial charge in [0.15, 0.2) is 0 Å². The largest absolute Gasteiger partial charge is 0.393 e. The molecule has 28 heavy (non-hydrogen) atoms. The molecular formula is C26H40O2. The molecule has 2 N–H and O–H groups in total. The van der Waals surface area contributed by atoms with Crippen LogP contribution in [0.1, 0.15) is 124 Å². The minimum absolute atomic E-state index is 0.0844. The van der Waals surface area contributed by atoms with E-state index in [4.69, 9.17) is 0 Å². The van der Waals surface area contributed by atoms with Crippen LogP contribution in [0.25, 0.3) is 0 Å². The molecule has 3 fully saturated rings. The third kappa shape index (κ3) is 4.49. The predicted octanol–water partition coefficient (Wildman–Crippen LogP) is 6.33. The van der Waals surface area contributed by atoms with Crippen molar-refractivity contribution >= 4 is 0 Å². The smallest absolute Gasteiger partial charge is 0.0540 e. The van der Waals surface area contributed by atoms with Crippen LogP contribution in [0.15, 0.2) is 12.1 Å². The van der Waals surface area contributed by atoms with Crippen LogP contribution in [0.2, 0.25) is 0 Å². The second kappa shape index (κ2) is 8.88.